The number of aliphatic carboxylic acids is 1. The summed E-state index contributed by atoms with van der Waals surface area (Å²) in [6, 6.07) is 9.89. The number of carboxylic acid groups (broad SMARTS) is 1. The number of hydrogen-bond donors (Lipinski definition) is 2. The van der Waals surface area contributed by atoms with Gasteiger partial charge >= 0.3 is 12.1 Å². The molecule has 1 saturated heterocycles. The Bertz CT molecular complexity index is 977. The van der Waals surface area contributed by atoms with Gasteiger partial charge in [-0.25, -0.2) is 14.8 Å². The summed E-state index contributed by atoms with van der Waals surface area (Å²) in [7, 11) is 0. The molecule has 33 heavy (non-hydrogen) atoms. The Labute approximate surface area is 188 Å². The van der Waals surface area contributed by atoms with Crippen LogP contribution in [0.25, 0.3) is 0 Å². The van der Waals surface area contributed by atoms with Crippen LogP contribution >= 0.6 is 0 Å². The molecule has 11 heteroatoms. The van der Waals surface area contributed by atoms with Crippen molar-refractivity contribution >= 4 is 23.5 Å². The first kappa shape index (κ1) is 24.4. The van der Waals surface area contributed by atoms with Crippen LogP contribution in [0.3, 0.4) is 0 Å². The lowest BCUT2D eigenvalue weighted by Gasteiger charge is -2.39. The van der Waals surface area contributed by atoms with Crippen molar-refractivity contribution in [3.63, 3.8) is 0 Å². The first-order valence-corrected chi connectivity index (χ1v) is 10.5. The zero-order chi connectivity index (χ0) is 24.1. The average Bonchev–Trinajstić information content (AvgIpc) is 3.12. The fourth-order valence-electron chi connectivity index (χ4n) is 3.81. The molecule has 0 radical (unpaired) electrons. The molecule has 0 aliphatic carbocycles. The second kappa shape index (κ2) is 10.2. The van der Waals surface area contributed by atoms with Crippen molar-refractivity contribution in [2.24, 2.45) is 0 Å². The molecule has 1 aromatic heterocycles. The fraction of sp³-hybridized carbons (Fsp3) is 0.455. The number of nitrogens with zero attached hydrogens (tertiary/aromatic N) is 3. The standard InChI is InChI=1S/C20H24N4O2.C2HF3O2/c1-2-6-18(25)24-11-9-20(10-12-24)16-13-21-19(23-17(16)14-26-20)22-15-7-4-3-5-8-15;3-2(4,5)1(6)7/h3-5,7-8,13H,2,6,9-12,14H2,1H3,(H,21,22,23);(H,6,7). The molecule has 1 aromatic carbocycles. The molecule has 1 spiro atoms. The van der Waals surface area contributed by atoms with E-state index in [2.05, 4.69) is 15.3 Å². The molecule has 0 unspecified atom stereocenters. The maximum absolute atomic E-state index is 12.1. The van der Waals surface area contributed by atoms with Crippen LogP contribution in [0.2, 0.25) is 0 Å². The molecule has 2 aliphatic heterocycles. The van der Waals surface area contributed by atoms with Gasteiger partial charge in [0, 0.05) is 37.0 Å². The van der Waals surface area contributed by atoms with Gasteiger partial charge in [0.1, 0.15) is 5.60 Å². The lowest BCUT2D eigenvalue weighted by molar-refractivity contribution is -0.192. The van der Waals surface area contributed by atoms with Crippen molar-refractivity contribution in [1.29, 1.82) is 0 Å². The number of likely N-dealkylation sites (tertiary alicyclic amines) is 1. The van der Waals surface area contributed by atoms with Crippen LogP contribution in [-0.4, -0.2) is 51.1 Å². The lowest BCUT2D eigenvalue weighted by Crippen LogP contribution is -2.45. The van der Waals surface area contributed by atoms with Gasteiger partial charge in [0.25, 0.3) is 0 Å². The highest BCUT2D eigenvalue weighted by Gasteiger charge is 2.44. The molecule has 2 aliphatic rings. The Morgan fingerprint density at radius 1 is 1.21 bits per heavy atom. The first-order valence-electron chi connectivity index (χ1n) is 10.5. The minimum absolute atomic E-state index is 0.249. The fourth-order valence-corrected chi connectivity index (χ4v) is 3.81. The van der Waals surface area contributed by atoms with Gasteiger partial charge in [-0.15, -0.1) is 0 Å². The molecule has 178 valence electrons. The number of carboxylic acids is 1. The Balaban J connectivity index is 0.000000383. The number of rotatable bonds is 4. The van der Waals surface area contributed by atoms with E-state index in [1.165, 1.54) is 0 Å². The number of aromatic nitrogens is 2. The van der Waals surface area contributed by atoms with Gasteiger partial charge in [-0.1, -0.05) is 25.1 Å². The minimum atomic E-state index is -5.08. The van der Waals surface area contributed by atoms with Crippen LogP contribution in [-0.2, 0) is 26.5 Å². The number of alkyl halides is 3. The number of anilines is 2. The van der Waals surface area contributed by atoms with E-state index in [0.717, 1.165) is 49.3 Å². The number of benzene rings is 1. The van der Waals surface area contributed by atoms with E-state index >= 15 is 0 Å². The molecule has 0 saturated carbocycles. The third-order valence-electron chi connectivity index (χ3n) is 5.50. The summed E-state index contributed by atoms with van der Waals surface area (Å²) in [4.78, 5) is 32.1. The SMILES string of the molecule is CCCC(=O)N1CCC2(CC1)OCc1nc(Nc3ccccc3)ncc12.O=C(O)C(F)(F)F. The van der Waals surface area contributed by atoms with Gasteiger partial charge < -0.3 is 20.1 Å². The zero-order valence-electron chi connectivity index (χ0n) is 18.1. The Kier molecular flexibility index (Phi) is 7.52. The maximum atomic E-state index is 12.1. The van der Waals surface area contributed by atoms with Crippen LogP contribution in [0.5, 0.6) is 0 Å². The topological polar surface area (TPSA) is 105 Å². The van der Waals surface area contributed by atoms with Crippen LogP contribution in [0.1, 0.15) is 43.9 Å². The smallest absolute Gasteiger partial charge is 0.475 e. The summed E-state index contributed by atoms with van der Waals surface area (Å²) >= 11 is 0. The molecular formula is C22H25F3N4O4. The number of fused-ring (bicyclic) bond motifs is 2. The van der Waals surface area contributed by atoms with Crippen molar-refractivity contribution in [2.45, 2.75) is 51.0 Å². The second-order valence-electron chi connectivity index (χ2n) is 7.76. The van der Waals surface area contributed by atoms with E-state index in [4.69, 9.17) is 14.6 Å². The molecule has 1 amide bonds. The molecule has 1 fully saturated rings. The van der Waals surface area contributed by atoms with Gasteiger partial charge in [0.05, 0.1) is 12.3 Å². The number of piperidine rings is 1. The van der Waals surface area contributed by atoms with E-state index in [0.29, 0.717) is 19.0 Å². The summed E-state index contributed by atoms with van der Waals surface area (Å²) in [5.74, 6) is -1.92. The highest BCUT2D eigenvalue weighted by Crippen LogP contribution is 2.43. The van der Waals surface area contributed by atoms with E-state index in [1.54, 1.807) is 0 Å². The van der Waals surface area contributed by atoms with E-state index in [-0.39, 0.29) is 11.5 Å². The number of para-hydroxylation sites is 1. The second-order valence-corrected chi connectivity index (χ2v) is 7.76. The predicted molar refractivity (Wildman–Crippen MR) is 113 cm³/mol. The molecule has 4 rings (SSSR count). The number of halogens is 3. The normalized spacial score (nSPS) is 16.5. The van der Waals surface area contributed by atoms with Crippen molar-refractivity contribution in [3.8, 4) is 0 Å². The summed E-state index contributed by atoms with van der Waals surface area (Å²) in [5.41, 5.74) is 2.66. The molecule has 2 aromatic rings. The Morgan fingerprint density at radius 3 is 2.42 bits per heavy atom. The number of carbonyl (C=O) groups is 2. The van der Waals surface area contributed by atoms with Gasteiger partial charge in [-0.05, 0) is 31.4 Å². The van der Waals surface area contributed by atoms with E-state index in [1.807, 2.05) is 48.4 Å². The number of ether oxygens (including phenoxy) is 1. The van der Waals surface area contributed by atoms with Crippen molar-refractivity contribution in [1.82, 2.24) is 14.9 Å². The van der Waals surface area contributed by atoms with Gasteiger partial charge in [-0.2, -0.15) is 13.2 Å². The summed E-state index contributed by atoms with van der Waals surface area (Å²) in [6.07, 6.45) is -0.0500. The van der Waals surface area contributed by atoms with Crippen molar-refractivity contribution in [2.75, 3.05) is 18.4 Å². The molecule has 0 atom stereocenters. The van der Waals surface area contributed by atoms with Crippen LogP contribution in [0.15, 0.2) is 36.5 Å². The first-order chi connectivity index (χ1) is 15.6. The number of amides is 1. The molecule has 0 bridgehead atoms. The van der Waals surface area contributed by atoms with Crippen LogP contribution < -0.4 is 5.32 Å². The van der Waals surface area contributed by atoms with E-state index in [9.17, 15) is 18.0 Å². The number of carbonyl (C=O) groups excluding carboxylic acids is 1. The monoisotopic (exact) mass is 466 g/mol. The van der Waals surface area contributed by atoms with Crippen molar-refractivity contribution < 1.29 is 32.6 Å². The summed E-state index contributed by atoms with van der Waals surface area (Å²) in [5, 5.41) is 10.4. The van der Waals surface area contributed by atoms with Crippen LogP contribution in [0, 0.1) is 0 Å². The minimum Gasteiger partial charge on any atom is -0.475 e. The quantitative estimate of drug-likeness (QED) is 0.702. The van der Waals surface area contributed by atoms with Gasteiger partial charge in [-0.3, -0.25) is 4.79 Å². The highest BCUT2D eigenvalue weighted by atomic mass is 19.4. The van der Waals surface area contributed by atoms with E-state index < -0.39 is 12.1 Å². The summed E-state index contributed by atoms with van der Waals surface area (Å²) in [6.45, 7) is 4.02. The molecule has 3 heterocycles. The largest absolute Gasteiger partial charge is 0.490 e. The Morgan fingerprint density at radius 2 is 1.85 bits per heavy atom. The van der Waals surface area contributed by atoms with Gasteiger partial charge in [0.2, 0.25) is 11.9 Å². The Hall–Kier alpha value is -3.21. The molecule has 8 nitrogen and oxygen atoms in total. The van der Waals surface area contributed by atoms with Crippen molar-refractivity contribution in [3.05, 3.63) is 47.8 Å². The summed E-state index contributed by atoms with van der Waals surface area (Å²) < 4.78 is 37.9. The highest BCUT2D eigenvalue weighted by molar-refractivity contribution is 5.76. The molecule has 2 N–H and O–H groups in total. The van der Waals surface area contributed by atoms with Crippen LogP contribution in [0.4, 0.5) is 24.8 Å². The molecular weight excluding hydrogens is 441 g/mol. The predicted octanol–water partition coefficient (Wildman–Crippen LogP) is 4.00. The third kappa shape index (κ3) is 5.98. The number of hydrogen-bond acceptors (Lipinski definition) is 6. The van der Waals surface area contributed by atoms with Gasteiger partial charge in [0.15, 0.2) is 0 Å². The number of nitrogens with one attached hydrogen (secondary N) is 1. The average molecular weight is 466 g/mol. The maximum Gasteiger partial charge on any atom is 0.490 e. The zero-order valence-corrected chi connectivity index (χ0v) is 18.1. The lowest BCUT2D eigenvalue weighted by atomic mass is 9.85. The third-order valence-corrected chi connectivity index (χ3v) is 5.50.